The number of nitrogens with one attached hydrogen (secondary N) is 3. The number of halogens is 2. The zero-order chi connectivity index (χ0) is 44.7. The third kappa shape index (κ3) is 17.3. The molecule has 2 fully saturated rings. The second-order valence-electron chi connectivity index (χ2n) is 15.1. The molecule has 0 spiro atoms. The molecule has 5 N–H and O–H groups in total. The maximum Gasteiger partial charge on any atom is 0.248 e. The number of primary amides is 1. The molecule has 4 atom stereocenters. The van der Waals surface area contributed by atoms with Crippen LogP contribution in [0.3, 0.4) is 0 Å². The molecule has 2 heterocycles. The molecule has 1 aromatic rings. The van der Waals surface area contributed by atoms with Gasteiger partial charge in [-0.2, -0.15) is 11.8 Å². The fourth-order valence-electron chi connectivity index (χ4n) is 7.40. The number of nitrogens with two attached hydrogens (primary N) is 1. The van der Waals surface area contributed by atoms with Gasteiger partial charge >= 0.3 is 0 Å². The molecule has 1 aromatic carbocycles. The summed E-state index contributed by atoms with van der Waals surface area (Å²) in [6, 6.07) is 6.94. The highest BCUT2D eigenvalue weighted by molar-refractivity contribution is 8.00. The van der Waals surface area contributed by atoms with Crippen LogP contribution in [-0.4, -0.2) is 150 Å². The molecule has 0 radical (unpaired) electrons. The van der Waals surface area contributed by atoms with Crippen LogP contribution in [0.1, 0.15) is 63.9 Å². The van der Waals surface area contributed by atoms with E-state index in [1.165, 1.54) is 4.90 Å². The van der Waals surface area contributed by atoms with Crippen LogP contribution >= 0.6 is 35.0 Å². The Morgan fingerprint density at radius 2 is 1.52 bits per heavy atom. The Morgan fingerprint density at radius 1 is 0.885 bits per heavy atom. The zero-order valence-electron chi connectivity index (χ0n) is 35.0. The molecule has 7 amide bonds. The van der Waals surface area contributed by atoms with E-state index in [1.54, 1.807) is 6.92 Å². The predicted octanol–water partition coefficient (Wildman–Crippen LogP) is 1.72. The summed E-state index contributed by atoms with van der Waals surface area (Å²) in [6.45, 7) is 1.18. The van der Waals surface area contributed by atoms with E-state index in [1.807, 2.05) is 36.0 Å². The van der Waals surface area contributed by atoms with Crippen molar-refractivity contribution in [2.75, 3.05) is 81.3 Å². The Bertz CT molecular complexity index is 1730. The highest BCUT2D eigenvalue weighted by atomic mass is 35.5. The first-order chi connectivity index (χ1) is 29.3. The molecule has 2 saturated heterocycles. The van der Waals surface area contributed by atoms with E-state index < -0.39 is 55.2 Å². The Labute approximate surface area is 374 Å². The molecule has 0 aliphatic carbocycles. The van der Waals surface area contributed by atoms with Crippen molar-refractivity contribution in [3.63, 3.8) is 0 Å². The fourth-order valence-corrected chi connectivity index (χ4v) is 9.46. The van der Waals surface area contributed by atoms with Crippen molar-refractivity contribution in [1.82, 2.24) is 30.7 Å². The summed E-state index contributed by atoms with van der Waals surface area (Å²) in [4.78, 5) is 96.2. The summed E-state index contributed by atoms with van der Waals surface area (Å²) in [5, 5.41) is 8.90. The quantitative estimate of drug-likeness (QED) is 0.0551. The summed E-state index contributed by atoms with van der Waals surface area (Å²) in [7, 11) is 0. The number of rotatable bonds is 28. The van der Waals surface area contributed by atoms with Crippen LogP contribution in [0, 0.1) is 30.6 Å². The maximum absolute atomic E-state index is 14.1. The van der Waals surface area contributed by atoms with Crippen LogP contribution in [0.5, 0.6) is 0 Å². The molecular weight excluding hydrogens is 843 g/mol. The number of carbonyl (C=O) groups excluding carboxylic acids is 7. The normalized spacial score (nSPS) is 16.9. The Morgan fingerprint density at radius 3 is 2.16 bits per heavy atom. The van der Waals surface area contributed by atoms with E-state index in [2.05, 4.69) is 32.7 Å². The van der Waals surface area contributed by atoms with E-state index >= 15 is 0 Å². The van der Waals surface area contributed by atoms with Gasteiger partial charge in [0.25, 0.3) is 0 Å². The van der Waals surface area contributed by atoms with Gasteiger partial charge in [-0.15, -0.1) is 36.0 Å². The topological polar surface area (TPSA) is 195 Å². The number of aryl methyl sites for hydroxylation is 1. The lowest BCUT2D eigenvalue weighted by molar-refractivity contribution is -0.145. The van der Waals surface area contributed by atoms with E-state index in [9.17, 15) is 33.6 Å². The van der Waals surface area contributed by atoms with E-state index in [4.69, 9.17) is 41.8 Å². The van der Waals surface area contributed by atoms with Crippen molar-refractivity contribution in [3.05, 3.63) is 29.8 Å². The average Bonchev–Trinajstić information content (AvgIpc) is 3.79. The van der Waals surface area contributed by atoms with Gasteiger partial charge in [0.05, 0.1) is 19.6 Å². The first-order valence-electron chi connectivity index (χ1n) is 20.8. The second kappa shape index (κ2) is 27.3. The number of amides is 7. The number of unbranched alkanes of at least 4 members (excludes halogenated alkanes) is 1. The van der Waals surface area contributed by atoms with Crippen molar-refractivity contribution >= 4 is 82.0 Å². The molecule has 0 saturated carbocycles. The SMILES string of the molecule is C#CCN(CC(N)=O)C(=O)CN(CCC)C(=O)CN(CC#C)C(=O)C(CNC(=O)CCCc1ccc(N(CCCl)CCCl)cc1)NC(=O)CCCC[C@@H]1SC[C@@H]2NC(=O)C[C@@H]21. The minimum absolute atomic E-state index is 0.0839. The Hall–Kier alpha value is -4.64. The van der Waals surface area contributed by atoms with Crippen LogP contribution in [0.2, 0.25) is 0 Å². The largest absolute Gasteiger partial charge is 0.369 e. The smallest absolute Gasteiger partial charge is 0.248 e. The second-order valence-corrected chi connectivity index (χ2v) is 17.1. The molecular formula is C43H60Cl2N8O7S. The summed E-state index contributed by atoms with van der Waals surface area (Å²) < 4.78 is 0. The monoisotopic (exact) mass is 902 g/mol. The number of carbonyl (C=O) groups is 7. The first kappa shape index (κ1) is 50.7. The number of alkyl halides is 2. The van der Waals surface area contributed by atoms with Crippen molar-refractivity contribution in [2.45, 2.75) is 82.0 Å². The van der Waals surface area contributed by atoms with Gasteiger partial charge in [0.1, 0.15) is 19.1 Å². The molecule has 2 aliphatic rings. The number of hydrogen-bond donors (Lipinski definition) is 4. The average molecular weight is 904 g/mol. The standard InChI is InChI=1S/C43H60Cl2N8O7S/c1-4-20-51(27-37(46)54)41(58)28-52(21-5-2)42(59)29-53(22-6-3)43(60)34(48-39(56)12-8-7-11-36-33-25-40(57)49-35(33)30-61-36)26-47-38(55)13-9-10-31-14-16-32(17-15-31)50(23-18-44)24-19-45/h1,3,14-17,33-36H,5,7-13,18-30H2,2H3,(H2,46,54)(H,47,55)(H,48,56)(H,49,57)/t33-,34?,35-,36-/m0/s1. The van der Waals surface area contributed by atoms with Crippen LogP contribution in [0.4, 0.5) is 5.69 Å². The number of nitrogens with zero attached hydrogens (tertiary/aromatic N) is 4. The minimum atomic E-state index is -1.25. The van der Waals surface area contributed by atoms with Gasteiger partial charge in [0.15, 0.2) is 0 Å². The van der Waals surface area contributed by atoms with Gasteiger partial charge in [-0.05, 0) is 49.8 Å². The number of fused-ring (bicyclic) bond motifs is 1. The van der Waals surface area contributed by atoms with Crippen LogP contribution < -0.4 is 26.6 Å². The molecule has 61 heavy (non-hydrogen) atoms. The molecule has 18 heteroatoms. The van der Waals surface area contributed by atoms with Crippen molar-refractivity contribution in [3.8, 4) is 24.7 Å². The van der Waals surface area contributed by atoms with E-state index in [0.717, 1.165) is 39.6 Å². The third-order valence-electron chi connectivity index (χ3n) is 10.5. The summed E-state index contributed by atoms with van der Waals surface area (Å²) in [6.07, 6.45) is 15.6. The van der Waals surface area contributed by atoms with Crippen LogP contribution in [0.15, 0.2) is 24.3 Å². The number of hydrogen-bond acceptors (Lipinski definition) is 9. The lowest BCUT2D eigenvalue weighted by Crippen LogP contribution is -2.56. The highest BCUT2D eigenvalue weighted by Crippen LogP contribution is 2.40. The third-order valence-corrected chi connectivity index (χ3v) is 12.4. The molecule has 3 rings (SSSR count). The lowest BCUT2D eigenvalue weighted by atomic mass is 9.94. The molecule has 334 valence electrons. The van der Waals surface area contributed by atoms with E-state index in [-0.39, 0.29) is 56.9 Å². The van der Waals surface area contributed by atoms with Gasteiger partial charge in [-0.1, -0.05) is 37.3 Å². The van der Waals surface area contributed by atoms with E-state index in [0.29, 0.717) is 68.1 Å². The molecule has 0 aromatic heterocycles. The van der Waals surface area contributed by atoms with Crippen molar-refractivity contribution in [2.24, 2.45) is 11.7 Å². The summed E-state index contributed by atoms with van der Waals surface area (Å²) in [5.41, 5.74) is 7.33. The molecule has 1 unspecified atom stereocenters. The molecule has 15 nitrogen and oxygen atoms in total. The molecule has 2 aliphatic heterocycles. The first-order valence-corrected chi connectivity index (χ1v) is 22.9. The van der Waals surface area contributed by atoms with Crippen LogP contribution in [-0.2, 0) is 40.0 Å². The lowest BCUT2D eigenvalue weighted by Gasteiger charge is -2.30. The number of anilines is 1. The van der Waals surface area contributed by atoms with Crippen molar-refractivity contribution < 1.29 is 33.6 Å². The number of terminal acetylenes is 2. The van der Waals surface area contributed by atoms with Crippen molar-refractivity contribution in [1.29, 1.82) is 0 Å². The van der Waals surface area contributed by atoms with Gasteiger partial charge in [-0.25, -0.2) is 0 Å². The van der Waals surface area contributed by atoms with Crippen LogP contribution in [0.25, 0.3) is 0 Å². The Kier molecular flexibility index (Phi) is 22.7. The van der Waals surface area contributed by atoms with Gasteiger partial charge < -0.3 is 41.3 Å². The van der Waals surface area contributed by atoms with Gasteiger partial charge in [0, 0.05) is 85.9 Å². The summed E-state index contributed by atoms with van der Waals surface area (Å²) in [5.74, 6) is 3.51. The zero-order valence-corrected chi connectivity index (χ0v) is 37.3. The Balaban J connectivity index is 1.66. The highest BCUT2D eigenvalue weighted by Gasteiger charge is 2.42. The number of benzene rings is 1. The number of thioether (sulfide) groups is 1. The maximum atomic E-state index is 14.1. The summed E-state index contributed by atoms with van der Waals surface area (Å²) >= 11 is 13.7. The van der Waals surface area contributed by atoms with Gasteiger partial charge in [-0.3, -0.25) is 33.6 Å². The fraction of sp³-hybridized carbons (Fsp3) is 0.605. The minimum Gasteiger partial charge on any atom is -0.369 e. The van der Waals surface area contributed by atoms with Gasteiger partial charge in [0.2, 0.25) is 41.4 Å². The predicted molar refractivity (Wildman–Crippen MR) is 240 cm³/mol. The molecule has 0 bridgehead atoms.